The molecular weight excluding hydrogens is 152 g/mol. The molecule has 0 atom stereocenters. The molecule has 4 heteroatoms. The molecule has 12 heavy (non-hydrogen) atoms. The zero-order valence-corrected chi connectivity index (χ0v) is 7.79. The van der Waals surface area contributed by atoms with Crippen LogP contribution in [0.4, 0.5) is 0 Å². The summed E-state index contributed by atoms with van der Waals surface area (Å²) in [6.07, 6.45) is 4.58. The van der Waals surface area contributed by atoms with Crippen molar-refractivity contribution >= 4 is 0 Å². The van der Waals surface area contributed by atoms with E-state index in [0.29, 0.717) is 6.54 Å². The Morgan fingerprint density at radius 2 is 2.00 bits per heavy atom. The highest BCUT2D eigenvalue weighted by molar-refractivity contribution is 4.51. The smallest absolute Gasteiger partial charge is 0.0258 e. The predicted octanol–water partition coefficient (Wildman–Crippen LogP) is 2.47. The Hall–Kier alpha value is -0.730. The van der Waals surface area contributed by atoms with E-state index in [1.54, 1.807) is 0 Å². The van der Waals surface area contributed by atoms with Gasteiger partial charge in [0.15, 0.2) is 0 Å². The molecule has 0 amide bonds. The van der Waals surface area contributed by atoms with Crippen LogP contribution in [0.15, 0.2) is 5.11 Å². The lowest BCUT2D eigenvalue weighted by molar-refractivity contribution is 0.602. The van der Waals surface area contributed by atoms with Crippen LogP contribution in [0.3, 0.4) is 0 Å². The molecule has 0 heterocycles. The van der Waals surface area contributed by atoms with Crippen LogP contribution in [0.1, 0.15) is 32.6 Å². The number of nitrogens with zero attached hydrogens (tertiary/aromatic N) is 3. The zero-order valence-electron chi connectivity index (χ0n) is 7.79. The molecule has 70 valence electrons. The van der Waals surface area contributed by atoms with Gasteiger partial charge in [-0.2, -0.15) is 0 Å². The zero-order chi connectivity index (χ0) is 9.07. The minimum absolute atomic E-state index is 0.631. The van der Waals surface area contributed by atoms with Crippen molar-refractivity contribution in [1.82, 2.24) is 5.32 Å². The Bertz CT molecular complexity index is 129. The number of nitrogens with one attached hydrogen (secondary N) is 1. The van der Waals surface area contributed by atoms with E-state index in [0.717, 1.165) is 25.9 Å². The Morgan fingerprint density at radius 3 is 2.67 bits per heavy atom. The molecule has 0 spiro atoms. The van der Waals surface area contributed by atoms with E-state index < -0.39 is 0 Å². The van der Waals surface area contributed by atoms with Gasteiger partial charge in [-0.25, -0.2) is 0 Å². The molecule has 4 nitrogen and oxygen atoms in total. The van der Waals surface area contributed by atoms with Crippen molar-refractivity contribution in [3.63, 3.8) is 0 Å². The van der Waals surface area contributed by atoms with Crippen LogP contribution >= 0.6 is 0 Å². The van der Waals surface area contributed by atoms with Gasteiger partial charge < -0.3 is 5.32 Å². The Labute approximate surface area is 74.0 Å². The lowest BCUT2D eigenvalue weighted by Gasteiger charge is -2.01. The fourth-order valence-corrected chi connectivity index (χ4v) is 0.904. The average Bonchev–Trinajstić information content (AvgIpc) is 2.10. The van der Waals surface area contributed by atoms with E-state index in [9.17, 15) is 0 Å². The standard InChI is InChI=1S/C8H18N4/c1-2-3-6-10-7-4-5-8-11-12-9/h10H,2-8H2,1H3. The summed E-state index contributed by atoms with van der Waals surface area (Å²) in [6, 6.07) is 0. The summed E-state index contributed by atoms with van der Waals surface area (Å²) in [4.78, 5) is 2.69. The maximum atomic E-state index is 7.98. The summed E-state index contributed by atoms with van der Waals surface area (Å²) in [5, 5.41) is 6.79. The van der Waals surface area contributed by atoms with Crippen molar-refractivity contribution in [1.29, 1.82) is 0 Å². The second-order valence-electron chi connectivity index (χ2n) is 2.77. The van der Waals surface area contributed by atoms with Crippen LogP contribution < -0.4 is 5.32 Å². The molecule has 0 saturated carbocycles. The number of hydrogen-bond acceptors (Lipinski definition) is 2. The van der Waals surface area contributed by atoms with Gasteiger partial charge in [0.1, 0.15) is 0 Å². The van der Waals surface area contributed by atoms with Gasteiger partial charge in [0.25, 0.3) is 0 Å². The summed E-state index contributed by atoms with van der Waals surface area (Å²) < 4.78 is 0. The third-order valence-electron chi connectivity index (χ3n) is 1.63. The average molecular weight is 170 g/mol. The van der Waals surface area contributed by atoms with E-state index >= 15 is 0 Å². The van der Waals surface area contributed by atoms with Gasteiger partial charge in [0, 0.05) is 11.5 Å². The van der Waals surface area contributed by atoms with Gasteiger partial charge in [-0.3, -0.25) is 0 Å². The van der Waals surface area contributed by atoms with Gasteiger partial charge in [0.05, 0.1) is 0 Å². The van der Waals surface area contributed by atoms with E-state index in [1.807, 2.05) is 0 Å². The Balaban J connectivity index is 2.86. The minimum atomic E-state index is 0.631. The number of hydrogen-bond donors (Lipinski definition) is 1. The molecule has 0 bridgehead atoms. The van der Waals surface area contributed by atoms with Crippen molar-refractivity contribution in [3.05, 3.63) is 10.4 Å². The molecule has 0 saturated heterocycles. The summed E-state index contributed by atoms with van der Waals surface area (Å²) in [5.41, 5.74) is 7.98. The van der Waals surface area contributed by atoms with Crippen LogP contribution in [0.2, 0.25) is 0 Å². The van der Waals surface area contributed by atoms with E-state index in [-0.39, 0.29) is 0 Å². The fourth-order valence-electron chi connectivity index (χ4n) is 0.904. The highest BCUT2D eigenvalue weighted by Crippen LogP contribution is 1.88. The molecule has 1 N–H and O–H groups in total. The second-order valence-corrected chi connectivity index (χ2v) is 2.77. The predicted molar refractivity (Wildman–Crippen MR) is 51.0 cm³/mol. The van der Waals surface area contributed by atoms with Crippen molar-refractivity contribution in [2.24, 2.45) is 5.11 Å². The topological polar surface area (TPSA) is 60.8 Å². The third-order valence-corrected chi connectivity index (χ3v) is 1.63. The van der Waals surface area contributed by atoms with E-state index in [2.05, 4.69) is 22.3 Å². The lowest BCUT2D eigenvalue weighted by atomic mass is 10.3. The van der Waals surface area contributed by atoms with Crippen molar-refractivity contribution in [2.75, 3.05) is 19.6 Å². The van der Waals surface area contributed by atoms with Crippen molar-refractivity contribution < 1.29 is 0 Å². The monoisotopic (exact) mass is 170 g/mol. The van der Waals surface area contributed by atoms with E-state index in [4.69, 9.17) is 5.53 Å². The second kappa shape index (κ2) is 10.3. The highest BCUT2D eigenvalue weighted by atomic mass is 15.1. The quantitative estimate of drug-likeness (QED) is 0.258. The van der Waals surface area contributed by atoms with Gasteiger partial charge in [-0.15, -0.1) is 0 Å². The molecule has 0 unspecified atom stereocenters. The fraction of sp³-hybridized carbons (Fsp3) is 1.00. The first kappa shape index (κ1) is 11.3. The van der Waals surface area contributed by atoms with E-state index in [1.165, 1.54) is 12.8 Å². The first-order chi connectivity index (χ1) is 5.91. The summed E-state index contributed by atoms with van der Waals surface area (Å²) in [5.74, 6) is 0. The molecular formula is C8H18N4. The minimum Gasteiger partial charge on any atom is -0.317 e. The maximum Gasteiger partial charge on any atom is 0.0258 e. The highest BCUT2D eigenvalue weighted by Gasteiger charge is 1.86. The molecule has 0 aromatic carbocycles. The Morgan fingerprint density at radius 1 is 1.25 bits per heavy atom. The summed E-state index contributed by atoms with van der Waals surface area (Å²) >= 11 is 0. The molecule has 0 aromatic heterocycles. The van der Waals surface area contributed by atoms with Crippen LogP contribution in [0.25, 0.3) is 10.4 Å². The third kappa shape index (κ3) is 9.27. The molecule has 0 aliphatic heterocycles. The molecule has 0 aliphatic rings. The van der Waals surface area contributed by atoms with Crippen molar-refractivity contribution in [2.45, 2.75) is 32.6 Å². The van der Waals surface area contributed by atoms with Crippen molar-refractivity contribution in [3.8, 4) is 0 Å². The summed E-state index contributed by atoms with van der Waals surface area (Å²) in [7, 11) is 0. The van der Waals surface area contributed by atoms with Gasteiger partial charge in [-0.1, -0.05) is 18.5 Å². The largest absolute Gasteiger partial charge is 0.317 e. The van der Waals surface area contributed by atoms with Crippen LogP contribution in [-0.4, -0.2) is 19.6 Å². The number of rotatable bonds is 8. The molecule has 0 aromatic rings. The number of unbranched alkanes of at least 4 members (excludes halogenated alkanes) is 2. The molecule has 0 aliphatic carbocycles. The number of azide groups is 1. The first-order valence-electron chi connectivity index (χ1n) is 4.63. The molecule has 0 fully saturated rings. The van der Waals surface area contributed by atoms with Crippen LogP contribution in [-0.2, 0) is 0 Å². The SMILES string of the molecule is CCCCNCCCCN=[N+]=[N-]. The Kier molecular flexibility index (Phi) is 9.65. The van der Waals surface area contributed by atoms with Crippen LogP contribution in [0, 0.1) is 0 Å². The van der Waals surface area contributed by atoms with Gasteiger partial charge in [-0.05, 0) is 37.9 Å². The maximum absolute atomic E-state index is 7.98. The molecule has 0 rings (SSSR count). The summed E-state index contributed by atoms with van der Waals surface area (Å²) in [6.45, 7) is 4.97. The van der Waals surface area contributed by atoms with Crippen LogP contribution in [0.5, 0.6) is 0 Å². The lowest BCUT2D eigenvalue weighted by Crippen LogP contribution is -2.16. The van der Waals surface area contributed by atoms with Gasteiger partial charge >= 0.3 is 0 Å². The molecule has 0 radical (unpaired) electrons. The van der Waals surface area contributed by atoms with Gasteiger partial charge in [0.2, 0.25) is 0 Å². The first-order valence-corrected chi connectivity index (χ1v) is 4.63. The normalized spacial score (nSPS) is 9.42.